The largest absolute Gasteiger partial charge is 0.382 e. The van der Waals surface area contributed by atoms with Crippen molar-refractivity contribution in [1.82, 2.24) is 0 Å². The van der Waals surface area contributed by atoms with Gasteiger partial charge in [-0.2, -0.15) is 0 Å². The van der Waals surface area contributed by atoms with Gasteiger partial charge in [-0.1, -0.05) is 6.07 Å². The number of para-hydroxylation sites is 1. The van der Waals surface area contributed by atoms with E-state index in [1.807, 2.05) is 0 Å². The molecule has 96 valence electrons. The van der Waals surface area contributed by atoms with Crippen LogP contribution in [0.1, 0.15) is 12.8 Å². The van der Waals surface area contributed by atoms with E-state index in [4.69, 9.17) is 4.74 Å². The van der Waals surface area contributed by atoms with Gasteiger partial charge in [-0.3, -0.25) is 4.79 Å². The predicted molar refractivity (Wildman–Crippen MR) is 66.0 cm³/mol. The van der Waals surface area contributed by atoms with Crippen molar-refractivity contribution in [3.8, 4) is 0 Å². The minimum absolute atomic E-state index is 0.109. The summed E-state index contributed by atoms with van der Waals surface area (Å²) in [5, 5.41) is 5.90. The highest BCUT2D eigenvalue weighted by Crippen LogP contribution is 2.37. The summed E-state index contributed by atoms with van der Waals surface area (Å²) in [6, 6.07) is 4.76. The quantitative estimate of drug-likeness (QED) is 0.740. The number of ether oxygens (including phenoxy) is 1. The number of carbonyl (C=O) groups is 1. The molecule has 0 atom stereocenters. The maximum Gasteiger partial charge on any atom is 0.232 e. The average molecular weight is 250 g/mol. The molecule has 1 aromatic carbocycles. The van der Waals surface area contributed by atoms with E-state index in [1.54, 1.807) is 12.1 Å². The van der Waals surface area contributed by atoms with Crippen LogP contribution in [-0.2, 0) is 9.53 Å². The van der Waals surface area contributed by atoms with E-state index in [2.05, 4.69) is 10.6 Å². The fraction of sp³-hybridized carbons (Fsp3) is 0.462. The number of anilines is 2. The van der Waals surface area contributed by atoms with Crippen LogP contribution in [0.15, 0.2) is 18.2 Å². The van der Waals surface area contributed by atoms with Crippen molar-refractivity contribution in [2.24, 2.45) is 5.41 Å². The minimum atomic E-state index is -0.482. The molecule has 1 amide bonds. The Balaban J connectivity index is 1.95. The summed E-state index contributed by atoms with van der Waals surface area (Å²) in [6.07, 6.45) is 1.34. The highest BCUT2D eigenvalue weighted by atomic mass is 19.1. The van der Waals surface area contributed by atoms with Gasteiger partial charge >= 0.3 is 0 Å². The molecule has 0 radical (unpaired) electrons. The van der Waals surface area contributed by atoms with E-state index in [0.29, 0.717) is 38.3 Å². The molecule has 2 aliphatic heterocycles. The molecular weight excluding hydrogens is 235 g/mol. The fourth-order valence-electron chi connectivity index (χ4n) is 2.56. The van der Waals surface area contributed by atoms with Crippen LogP contribution in [0.3, 0.4) is 0 Å². The summed E-state index contributed by atoms with van der Waals surface area (Å²) < 4.78 is 19.0. The van der Waals surface area contributed by atoms with Gasteiger partial charge in [0.1, 0.15) is 11.5 Å². The number of nitrogens with one attached hydrogen (secondary N) is 2. The minimum Gasteiger partial charge on any atom is -0.382 e. The van der Waals surface area contributed by atoms with Gasteiger partial charge < -0.3 is 15.4 Å². The van der Waals surface area contributed by atoms with Crippen LogP contribution in [-0.4, -0.2) is 25.7 Å². The zero-order chi connectivity index (χ0) is 12.6. The molecule has 2 heterocycles. The van der Waals surface area contributed by atoms with Crippen LogP contribution in [0, 0.1) is 11.2 Å². The van der Waals surface area contributed by atoms with Crippen molar-refractivity contribution in [2.45, 2.75) is 12.8 Å². The lowest BCUT2D eigenvalue weighted by Crippen LogP contribution is -2.44. The van der Waals surface area contributed by atoms with Gasteiger partial charge in [0, 0.05) is 19.8 Å². The van der Waals surface area contributed by atoms with Crippen molar-refractivity contribution in [3.63, 3.8) is 0 Å². The lowest BCUT2D eigenvalue weighted by molar-refractivity contribution is -0.129. The molecule has 0 aromatic heterocycles. The highest BCUT2D eigenvalue weighted by Gasteiger charge is 2.42. The molecular formula is C13H15FN2O2. The second kappa shape index (κ2) is 4.24. The Kier molecular flexibility index (Phi) is 2.70. The van der Waals surface area contributed by atoms with Crippen LogP contribution in [0.5, 0.6) is 0 Å². The van der Waals surface area contributed by atoms with Crippen LogP contribution < -0.4 is 10.6 Å². The zero-order valence-corrected chi connectivity index (χ0v) is 9.96. The number of amides is 1. The molecule has 1 saturated heterocycles. The first kappa shape index (κ1) is 11.5. The number of rotatable bonds is 0. The Morgan fingerprint density at radius 3 is 2.83 bits per heavy atom. The Morgan fingerprint density at radius 2 is 2.06 bits per heavy atom. The number of hydrogen-bond acceptors (Lipinski definition) is 3. The Hall–Kier alpha value is -1.62. The normalized spacial score (nSPS) is 21.7. The van der Waals surface area contributed by atoms with Gasteiger partial charge in [0.2, 0.25) is 5.91 Å². The van der Waals surface area contributed by atoms with E-state index in [-0.39, 0.29) is 11.6 Å². The summed E-state index contributed by atoms with van der Waals surface area (Å²) in [5.41, 5.74) is 0.418. The highest BCUT2D eigenvalue weighted by molar-refractivity contribution is 6.00. The average Bonchev–Trinajstić information content (AvgIpc) is 2.52. The van der Waals surface area contributed by atoms with Crippen molar-refractivity contribution in [2.75, 3.05) is 30.4 Å². The summed E-state index contributed by atoms with van der Waals surface area (Å²) in [4.78, 5) is 12.3. The van der Waals surface area contributed by atoms with Crippen molar-refractivity contribution in [3.05, 3.63) is 24.0 Å². The smallest absolute Gasteiger partial charge is 0.232 e. The third-order valence-corrected chi connectivity index (χ3v) is 3.80. The Bertz CT molecular complexity index is 484. The standard InChI is InChI=1S/C13H15FN2O2/c14-9-2-1-3-10-11(9)16-12(17)13(8-15-10)4-6-18-7-5-13/h1-3,15H,4-8H2,(H,16,17). The molecule has 0 bridgehead atoms. The molecule has 4 nitrogen and oxygen atoms in total. The van der Waals surface area contributed by atoms with Gasteiger partial charge in [0.25, 0.3) is 0 Å². The maximum absolute atomic E-state index is 13.7. The molecule has 18 heavy (non-hydrogen) atoms. The molecule has 0 aliphatic carbocycles. The predicted octanol–water partition coefficient (Wildman–Crippen LogP) is 1.99. The van der Waals surface area contributed by atoms with Crippen molar-refractivity contribution < 1.29 is 13.9 Å². The third-order valence-electron chi connectivity index (χ3n) is 3.80. The number of benzene rings is 1. The van der Waals surface area contributed by atoms with Gasteiger partial charge in [0.05, 0.1) is 11.1 Å². The number of halogens is 1. The Labute approximate surface area is 105 Å². The van der Waals surface area contributed by atoms with E-state index in [1.165, 1.54) is 6.07 Å². The second-order valence-electron chi connectivity index (χ2n) is 4.86. The summed E-state index contributed by atoms with van der Waals surface area (Å²) in [5.74, 6) is -0.514. The molecule has 2 aliphatic rings. The lowest BCUT2D eigenvalue weighted by atomic mass is 9.79. The molecule has 0 unspecified atom stereocenters. The first-order valence-corrected chi connectivity index (χ1v) is 6.13. The fourth-order valence-corrected chi connectivity index (χ4v) is 2.56. The number of hydrogen-bond donors (Lipinski definition) is 2. The van der Waals surface area contributed by atoms with E-state index >= 15 is 0 Å². The lowest BCUT2D eigenvalue weighted by Gasteiger charge is -2.34. The van der Waals surface area contributed by atoms with Gasteiger partial charge in [-0.05, 0) is 25.0 Å². The summed E-state index contributed by atoms with van der Waals surface area (Å²) in [7, 11) is 0. The van der Waals surface area contributed by atoms with Gasteiger partial charge in [0.15, 0.2) is 0 Å². The van der Waals surface area contributed by atoms with Gasteiger partial charge in [-0.25, -0.2) is 4.39 Å². The monoisotopic (exact) mass is 250 g/mol. The van der Waals surface area contributed by atoms with Crippen LogP contribution >= 0.6 is 0 Å². The first-order valence-electron chi connectivity index (χ1n) is 6.13. The molecule has 2 N–H and O–H groups in total. The van der Waals surface area contributed by atoms with Gasteiger partial charge in [-0.15, -0.1) is 0 Å². The Morgan fingerprint density at radius 1 is 1.28 bits per heavy atom. The molecule has 0 saturated carbocycles. The van der Waals surface area contributed by atoms with Crippen LogP contribution in [0.2, 0.25) is 0 Å². The molecule has 5 heteroatoms. The SMILES string of the molecule is O=C1Nc2c(F)cccc2NCC12CCOCC2. The number of fused-ring (bicyclic) bond motifs is 1. The molecule has 1 fully saturated rings. The van der Waals surface area contributed by atoms with Crippen molar-refractivity contribution >= 4 is 17.3 Å². The third kappa shape index (κ3) is 1.75. The van der Waals surface area contributed by atoms with Crippen LogP contribution in [0.25, 0.3) is 0 Å². The molecule has 1 aromatic rings. The maximum atomic E-state index is 13.7. The molecule has 1 spiro atoms. The second-order valence-corrected chi connectivity index (χ2v) is 4.86. The summed E-state index contributed by atoms with van der Waals surface area (Å²) >= 11 is 0. The van der Waals surface area contributed by atoms with Crippen LogP contribution in [0.4, 0.5) is 15.8 Å². The van der Waals surface area contributed by atoms with E-state index in [0.717, 1.165) is 0 Å². The first-order chi connectivity index (χ1) is 8.71. The van der Waals surface area contributed by atoms with E-state index < -0.39 is 11.2 Å². The molecule has 3 rings (SSSR count). The number of carbonyl (C=O) groups excluding carboxylic acids is 1. The van der Waals surface area contributed by atoms with E-state index in [9.17, 15) is 9.18 Å². The topological polar surface area (TPSA) is 50.4 Å². The van der Waals surface area contributed by atoms with Crippen molar-refractivity contribution in [1.29, 1.82) is 0 Å². The zero-order valence-electron chi connectivity index (χ0n) is 9.96. The summed E-state index contributed by atoms with van der Waals surface area (Å²) in [6.45, 7) is 1.68.